The number of benzene rings is 1. The first-order valence-corrected chi connectivity index (χ1v) is 11.7. The van der Waals surface area contributed by atoms with Crippen LogP contribution in [-0.4, -0.2) is 55.2 Å². The van der Waals surface area contributed by atoms with Gasteiger partial charge < -0.3 is 19.6 Å². The van der Waals surface area contributed by atoms with E-state index in [1.807, 2.05) is 4.90 Å². The van der Waals surface area contributed by atoms with E-state index < -0.39 is 0 Å². The van der Waals surface area contributed by atoms with E-state index in [0.717, 1.165) is 56.2 Å². The lowest BCUT2D eigenvalue weighted by atomic mass is 9.80. The van der Waals surface area contributed by atoms with Gasteiger partial charge in [0.15, 0.2) is 0 Å². The first-order valence-electron chi connectivity index (χ1n) is 11.7. The highest BCUT2D eigenvalue weighted by Gasteiger charge is 2.31. The van der Waals surface area contributed by atoms with Crippen LogP contribution in [0.3, 0.4) is 0 Å². The van der Waals surface area contributed by atoms with Crippen LogP contribution in [0, 0.1) is 17.7 Å². The van der Waals surface area contributed by atoms with Gasteiger partial charge in [0, 0.05) is 49.8 Å². The Balaban J connectivity index is 1.31. The van der Waals surface area contributed by atoms with Crippen molar-refractivity contribution in [2.45, 2.75) is 45.4 Å². The third-order valence-corrected chi connectivity index (χ3v) is 6.80. The van der Waals surface area contributed by atoms with E-state index in [9.17, 15) is 9.18 Å². The molecular weight excluding hydrogens is 407 g/mol. The summed E-state index contributed by atoms with van der Waals surface area (Å²) < 4.78 is 18.7. The lowest BCUT2D eigenvalue weighted by Gasteiger charge is -2.38. The molecule has 0 radical (unpaired) electrons. The van der Waals surface area contributed by atoms with Crippen LogP contribution in [0.5, 0.6) is 0 Å². The highest BCUT2D eigenvalue weighted by Crippen LogP contribution is 2.29. The molecule has 4 rings (SSSR count). The molecule has 6 nitrogen and oxygen atoms in total. The molecule has 32 heavy (non-hydrogen) atoms. The maximum absolute atomic E-state index is 13.2. The fraction of sp³-hybridized carbons (Fsp3) is 0.600. The average Bonchev–Trinajstić information content (AvgIpc) is 3.25. The van der Waals surface area contributed by atoms with Gasteiger partial charge >= 0.3 is 0 Å². The highest BCUT2D eigenvalue weighted by atomic mass is 19.1. The third kappa shape index (κ3) is 5.49. The maximum atomic E-state index is 13.2. The molecule has 0 spiro atoms. The molecule has 7 heteroatoms. The number of anilines is 1. The maximum Gasteiger partial charge on any atom is 0.222 e. The van der Waals surface area contributed by atoms with Crippen molar-refractivity contribution in [1.82, 2.24) is 15.4 Å². The summed E-state index contributed by atoms with van der Waals surface area (Å²) >= 11 is 0. The molecule has 2 saturated heterocycles. The Labute approximate surface area is 190 Å². The molecule has 1 aromatic heterocycles. The number of hydrogen-bond donors (Lipinski definition) is 1. The number of halogens is 1. The van der Waals surface area contributed by atoms with Crippen molar-refractivity contribution in [3.8, 4) is 0 Å². The summed E-state index contributed by atoms with van der Waals surface area (Å²) in [5.41, 5.74) is 1.94. The van der Waals surface area contributed by atoms with E-state index in [1.54, 1.807) is 12.1 Å². The van der Waals surface area contributed by atoms with E-state index in [4.69, 9.17) is 4.52 Å². The second-order valence-electron chi connectivity index (χ2n) is 10.2. The van der Waals surface area contributed by atoms with Crippen molar-refractivity contribution in [3.63, 3.8) is 0 Å². The molecule has 0 bridgehead atoms. The predicted octanol–water partition coefficient (Wildman–Crippen LogP) is 3.62. The third-order valence-electron chi connectivity index (χ3n) is 6.80. The van der Waals surface area contributed by atoms with Crippen molar-refractivity contribution >= 4 is 11.6 Å². The van der Waals surface area contributed by atoms with Gasteiger partial charge in [-0.1, -0.05) is 25.9 Å². The number of nitrogens with one attached hydrogen (secondary N) is 1. The highest BCUT2D eigenvalue weighted by molar-refractivity contribution is 5.77. The van der Waals surface area contributed by atoms with Crippen molar-refractivity contribution in [2.24, 2.45) is 11.8 Å². The summed E-state index contributed by atoms with van der Waals surface area (Å²) in [4.78, 5) is 17.3. The zero-order valence-corrected chi connectivity index (χ0v) is 19.4. The Hall–Kier alpha value is -2.41. The number of carbonyl (C=O) groups excluding carboxylic acids is 1. The standard InChI is InChI=1S/C25H35FN4O2/c1-25(2,3)23-16-21(28-32-23)14-19-17-27-9-8-18(19)15-24(31)30-12-10-29(11-13-30)22-6-4-20(26)5-7-22/h4-7,16,18-19,27H,8-15,17H2,1-3H3. The molecule has 1 amide bonds. The molecule has 3 heterocycles. The van der Waals surface area contributed by atoms with Gasteiger partial charge in [0.1, 0.15) is 11.6 Å². The van der Waals surface area contributed by atoms with Crippen molar-refractivity contribution < 1.29 is 13.7 Å². The molecule has 174 valence electrons. The van der Waals surface area contributed by atoms with E-state index >= 15 is 0 Å². The van der Waals surface area contributed by atoms with Gasteiger partial charge in [-0.25, -0.2) is 4.39 Å². The summed E-state index contributed by atoms with van der Waals surface area (Å²) in [6.45, 7) is 11.2. The smallest absolute Gasteiger partial charge is 0.222 e. The monoisotopic (exact) mass is 442 g/mol. The molecule has 2 atom stereocenters. The van der Waals surface area contributed by atoms with Crippen LogP contribution in [0.4, 0.5) is 10.1 Å². The molecule has 2 unspecified atom stereocenters. The quantitative estimate of drug-likeness (QED) is 0.766. The van der Waals surface area contributed by atoms with Crippen LogP contribution in [-0.2, 0) is 16.6 Å². The molecule has 0 saturated carbocycles. The number of aromatic nitrogens is 1. The largest absolute Gasteiger partial charge is 0.368 e. The minimum atomic E-state index is -0.223. The second kappa shape index (κ2) is 9.61. The van der Waals surface area contributed by atoms with Crippen LogP contribution in [0.25, 0.3) is 0 Å². The fourth-order valence-corrected chi connectivity index (χ4v) is 4.73. The Morgan fingerprint density at radius 2 is 1.88 bits per heavy atom. The summed E-state index contributed by atoms with van der Waals surface area (Å²) in [6.07, 6.45) is 2.44. The Bertz CT molecular complexity index is 897. The van der Waals surface area contributed by atoms with Crippen molar-refractivity contribution in [1.29, 1.82) is 0 Å². The summed E-state index contributed by atoms with van der Waals surface area (Å²) in [7, 11) is 0. The molecule has 2 aromatic rings. The van der Waals surface area contributed by atoms with E-state index in [1.165, 1.54) is 12.1 Å². The number of nitrogens with zero attached hydrogens (tertiary/aromatic N) is 3. The van der Waals surface area contributed by atoms with Crippen LogP contribution >= 0.6 is 0 Å². The van der Waals surface area contributed by atoms with Crippen LogP contribution < -0.4 is 10.2 Å². The minimum absolute atomic E-state index is 0.0541. The topological polar surface area (TPSA) is 61.6 Å². The van der Waals surface area contributed by atoms with Gasteiger partial charge in [0.2, 0.25) is 5.91 Å². The number of piperidine rings is 1. The zero-order chi connectivity index (χ0) is 22.7. The van der Waals surface area contributed by atoms with Gasteiger partial charge in [0.25, 0.3) is 0 Å². The fourth-order valence-electron chi connectivity index (χ4n) is 4.73. The van der Waals surface area contributed by atoms with Crippen LogP contribution in [0.2, 0.25) is 0 Å². The number of rotatable bonds is 5. The molecular formula is C25H35FN4O2. The molecule has 2 aliphatic rings. The van der Waals surface area contributed by atoms with Gasteiger partial charge in [-0.05, 0) is 62.0 Å². The first-order chi connectivity index (χ1) is 15.3. The number of amides is 1. The molecule has 2 fully saturated rings. The van der Waals surface area contributed by atoms with Gasteiger partial charge in [0.05, 0.1) is 5.69 Å². The lowest BCUT2D eigenvalue weighted by Crippen LogP contribution is -2.50. The molecule has 2 aliphatic heterocycles. The summed E-state index contributed by atoms with van der Waals surface area (Å²) in [5.74, 6) is 1.67. The van der Waals surface area contributed by atoms with Crippen molar-refractivity contribution in [2.75, 3.05) is 44.2 Å². The Morgan fingerprint density at radius 1 is 1.16 bits per heavy atom. The first kappa shape index (κ1) is 22.8. The summed E-state index contributed by atoms with van der Waals surface area (Å²) in [6, 6.07) is 8.66. The van der Waals surface area contributed by atoms with E-state index in [2.05, 4.69) is 42.2 Å². The molecule has 1 N–H and O–H groups in total. The Morgan fingerprint density at radius 3 is 2.53 bits per heavy atom. The van der Waals surface area contributed by atoms with E-state index in [-0.39, 0.29) is 17.1 Å². The second-order valence-corrected chi connectivity index (χ2v) is 10.2. The zero-order valence-electron chi connectivity index (χ0n) is 19.4. The molecule has 1 aromatic carbocycles. The van der Waals surface area contributed by atoms with Crippen LogP contribution in [0.1, 0.15) is 45.1 Å². The van der Waals surface area contributed by atoms with Crippen molar-refractivity contribution in [3.05, 3.63) is 47.6 Å². The average molecular weight is 443 g/mol. The lowest BCUT2D eigenvalue weighted by molar-refractivity contribution is -0.133. The SMILES string of the molecule is CC(C)(C)c1cc(CC2CNCCC2CC(=O)N2CCN(c3ccc(F)cc3)CC2)no1. The van der Waals surface area contributed by atoms with E-state index in [0.29, 0.717) is 31.3 Å². The molecule has 0 aliphatic carbocycles. The predicted molar refractivity (Wildman–Crippen MR) is 123 cm³/mol. The van der Waals surface area contributed by atoms with Crippen LogP contribution in [0.15, 0.2) is 34.9 Å². The number of hydrogen-bond acceptors (Lipinski definition) is 5. The Kier molecular flexibility index (Phi) is 6.84. The minimum Gasteiger partial charge on any atom is -0.368 e. The van der Waals surface area contributed by atoms with Gasteiger partial charge in [-0.3, -0.25) is 4.79 Å². The number of carbonyl (C=O) groups is 1. The van der Waals surface area contributed by atoms with Gasteiger partial charge in [-0.2, -0.15) is 0 Å². The normalized spacial score (nSPS) is 22.2. The van der Waals surface area contributed by atoms with Gasteiger partial charge in [-0.15, -0.1) is 0 Å². The number of piperazine rings is 1. The summed E-state index contributed by atoms with van der Waals surface area (Å²) in [5, 5.41) is 7.78.